The van der Waals surface area contributed by atoms with Crippen LogP contribution in [0.3, 0.4) is 0 Å². The number of Topliss-reactive ketones (excluding diaryl/α,β-unsaturated/α-hetero) is 1. The lowest BCUT2D eigenvalue weighted by Crippen LogP contribution is -2.28. The Hall–Kier alpha value is -3.26. The van der Waals surface area contributed by atoms with E-state index in [4.69, 9.17) is 16.3 Å². The lowest BCUT2D eigenvalue weighted by molar-refractivity contribution is -0.139. The van der Waals surface area contributed by atoms with E-state index < -0.39 is 11.8 Å². The molecule has 1 saturated heterocycles. The Morgan fingerprint density at radius 3 is 2.94 bits per heavy atom. The number of benzene rings is 1. The number of aromatic nitrogens is 1. The molecule has 0 amide bonds. The number of likely N-dealkylation sites (tertiary alicyclic amines) is 1. The molecule has 3 heterocycles. The van der Waals surface area contributed by atoms with Crippen LogP contribution in [0.5, 0.6) is 5.88 Å². The van der Waals surface area contributed by atoms with Gasteiger partial charge in [-0.3, -0.25) is 14.6 Å². The third-order valence-electron chi connectivity index (χ3n) is 5.35. The molecule has 1 atom stereocenters. The third kappa shape index (κ3) is 4.80. The average molecular weight is 458 g/mol. The first-order valence-corrected chi connectivity index (χ1v) is 10.5. The zero-order valence-electron chi connectivity index (χ0n) is 17.4. The Kier molecular flexibility index (Phi) is 6.50. The second-order valence-corrected chi connectivity index (χ2v) is 7.89. The number of ketones is 1. The number of pyridine rings is 1. The Balaban J connectivity index is 1.45. The molecular weight excluding hydrogens is 437 g/mol. The summed E-state index contributed by atoms with van der Waals surface area (Å²) in [7, 11) is 1.29. The van der Waals surface area contributed by atoms with Gasteiger partial charge in [0.05, 0.1) is 25.8 Å². The number of esters is 1. The molecule has 0 radical (unpaired) electrons. The van der Waals surface area contributed by atoms with Crippen LogP contribution >= 0.6 is 11.6 Å². The van der Waals surface area contributed by atoms with Gasteiger partial charge >= 0.3 is 5.97 Å². The standard InChI is InChI=1S/C23H21ClFN3O4/c1-31-22(30)9-14-2-3-17(18(25)8-14)15-4-6-27-21(10-15)32-16-5-7-28(13-16)19-11-26-12-20(29)23(19)24/h2-4,6,8,10-11,16H,5,7,9,12-13H2,1H3/t16-/m1/s1. The first kappa shape index (κ1) is 22.0. The molecule has 166 valence electrons. The van der Waals surface area contributed by atoms with E-state index in [1.54, 1.807) is 36.7 Å². The first-order valence-electron chi connectivity index (χ1n) is 10.1. The van der Waals surface area contributed by atoms with Crippen LogP contribution in [0.25, 0.3) is 11.1 Å². The Labute approximate surface area is 189 Å². The summed E-state index contributed by atoms with van der Waals surface area (Å²) in [5.74, 6) is -0.690. The summed E-state index contributed by atoms with van der Waals surface area (Å²) < 4.78 is 25.3. The smallest absolute Gasteiger partial charge is 0.309 e. The molecule has 1 aromatic carbocycles. The van der Waals surface area contributed by atoms with E-state index in [9.17, 15) is 14.0 Å². The van der Waals surface area contributed by atoms with Gasteiger partial charge in [0.1, 0.15) is 23.5 Å². The highest BCUT2D eigenvalue weighted by atomic mass is 35.5. The van der Waals surface area contributed by atoms with Crippen LogP contribution in [-0.4, -0.2) is 60.7 Å². The van der Waals surface area contributed by atoms with E-state index in [1.807, 2.05) is 4.90 Å². The molecule has 9 heteroatoms. The maximum Gasteiger partial charge on any atom is 0.309 e. The summed E-state index contributed by atoms with van der Waals surface area (Å²) in [5, 5.41) is 0.201. The molecule has 2 aliphatic heterocycles. The number of allylic oxidation sites excluding steroid dienone is 1. The van der Waals surface area contributed by atoms with Crippen LogP contribution in [0.1, 0.15) is 12.0 Å². The lowest BCUT2D eigenvalue weighted by Gasteiger charge is -2.22. The van der Waals surface area contributed by atoms with Crippen molar-refractivity contribution in [2.45, 2.75) is 18.9 Å². The summed E-state index contributed by atoms with van der Waals surface area (Å²) in [6, 6.07) is 8.01. The van der Waals surface area contributed by atoms with Crippen LogP contribution in [0.15, 0.2) is 52.3 Å². The fourth-order valence-corrected chi connectivity index (χ4v) is 3.93. The first-order chi connectivity index (χ1) is 15.4. The van der Waals surface area contributed by atoms with Crippen molar-refractivity contribution in [1.29, 1.82) is 0 Å². The van der Waals surface area contributed by atoms with Crippen molar-refractivity contribution >= 4 is 29.6 Å². The van der Waals surface area contributed by atoms with Crippen LogP contribution in [-0.2, 0) is 20.7 Å². The van der Waals surface area contributed by atoms with E-state index in [-0.39, 0.29) is 29.9 Å². The Morgan fingerprint density at radius 2 is 2.16 bits per heavy atom. The summed E-state index contributed by atoms with van der Waals surface area (Å²) in [6.45, 7) is 1.28. The number of carbonyl (C=O) groups is 2. The number of rotatable bonds is 6. The van der Waals surface area contributed by atoms with Crippen LogP contribution in [0.2, 0.25) is 0 Å². The molecule has 0 unspecified atom stereocenters. The van der Waals surface area contributed by atoms with Crippen molar-refractivity contribution in [2.75, 3.05) is 26.7 Å². The molecular formula is C23H21ClFN3O4. The predicted molar refractivity (Wildman–Crippen MR) is 117 cm³/mol. The van der Waals surface area contributed by atoms with Gasteiger partial charge in [0.2, 0.25) is 5.88 Å². The molecule has 1 fully saturated rings. The van der Waals surface area contributed by atoms with Crippen molar-refractivity contribution in [3.05, 3.63) is 58.6 Å². The number of ether oxygens (including phenoxy) is 2. The van der Waals surface area contributed by atoms with Gasteiger partial charge in [-0.15, -0.1) is 0 Å². The number of nitrogens with zero attached hydrogens (tertiary/aromatic N) is 3. The highest BCUT2D eigenvalue weighted by Crippen LogP contribution is 2.28. The van der Waals surface area contributed by atoms with Gasteiger partial charge in [-0.05, 0) is 23.3 Å². The zero-order chi connectivity index (χ0) is 22.7. The van der Waals surface area contributed by atoms with E-state index >= 15 is 0 Å². The fraction of sp³-hybridized carbons (Fsp3) is 0.304. The summed E-state index contributed by atoms with van der Waals surface area (Å²) in [5.41, 5.74) is 2.15. The number of aliphatic imine (C=N–C) groups is 1. The molecule has 0 N–H and O–H groups in total. The highest BCUT2D eigenvalue weighted by Gasteiger charge is 2.29. The Bertz CT molecular complexity index is 1120. The number of hydrogen-bond acceptors (Lipinski definition) is 7. The molecule has 0 saturated carbocycles. The minimum atomic E-state index is -0.446. The molecule has 1 aromatic heterocycles. The van der Waals surface area contributed by atoms with E-state index in [1.165, 1.54) is 13.2 Å². The van der Waals surface area contributed by atoms with Crippen LogP contribution in [0.4, 0.5) is 4.39 Å². The van der Waals surface area contributed by atoms with Crippen molar-refractivity contribution in [1.82, 2.24) is 9.88 Å². The summed E-state index contributed by atoms with van der Waals surface area (Å²) in [4.78, 5) is 33.5. The number of carbonyl (C=O) groups excluding carboxylic acids is 2. The summed E-state index contributed by atoms with van der Waals surface area (Å²) in [6.07, 6.45) is 3.75. The van der Waals surface area contributed by atoms with Crippen molar-refractivity contribution in [3.8, 4) is 17.0 Å². The molecule has 32 heavy (non-hydrogen) atoms. The van der Waals surface area contributed by atoms with E-state index in [0.29, 0.717) is 41.4 Å². The second kappa shape index (κ2) is 9.48. The SMILES string of the molecule is COC(=O)Cc1ccc(-c2ccnc(O[C@@H]3CCN(C4=C(Cl)C(=O)CN=C4)C3)c2)c(F)c1. The van der Waals surface area contributed by atoms with E-state index in [0.717, 1.165) is 6.42 Å². The second-order valence-electron chi connectivity index (χ2n) is 7.52. The molecule has 4 rings (SSSR count). The van der Waals surface area contributed by atoms with Crippen molar-refractivity contribution in [2.24, 2.45) is 4.99 Å². The van der Waals surface area contributed by atoms with Crippen LogP contribution in [0, 0.1) is 5.82 Å². The number of methoxy groups -OCH3 is 1. The number of halogens is 2. The molecule has 0 bridgehead atoms. The highest BCUT2D eigenvalue weighted by molar-refractivity contribution is 6.44. The van der Waals surface area contributed by atoms with Crippen molar-refractivity contribution < 1.29 is 23.5 Å². The topological polar surface area (TPSA) is 81.1 Å². The molecule has 0 aliphatic carbocycles. The molecule has 7 nitrogen and oxygen atoms in total. The van der Waals surface area contributed by atoms with Gasteiger partial charge in [-0.1, -0.05) is 23.7 Å². The minimum absolute atomic E-state index is 0.00728. The van der Waals surface area contributed by atoms with Gasteiger partial charge in [-0.2, -0.15) is 0 Å². The number of dihydropyridines is 1. The predicted octanol–water partition coefficient (Wildman–Crippen LogP) is 3.16. The Morgan fingerprint density at radius 1 is 1.31 bits per heavy atom. The van der Waals surface area contributed by atoms with Gasteiger partial charge in [0.25, 0.3) is 0 Å². The monoisotopic (exact) mass is 457 g/mol. The molecule has 0 spiro atoms. The summed E-state index contributed by atoms with van der Waals surface area (Å²) >= 11 is 6.15. The lowest BCUT2D eigenvalue weighted by atomic mass is 10.0. The molecule has 2 aromatic rings. The van der Waals surface area contributed by atoms with E-state index in [2.05, 4.69) is 14.7 Å². The maximum atomic E-state index is 14.7. The maximum absolute atomic E-state index is 14.7. The third-order valence-corrected chi connectivity index (χ3v) is 5.75. The van der Waals surface area contributed by atoms with Crippen LogP contribution < -0.4 is 4.74 Å². The average Bonchev–Trinajstić information content (AvgIpc) is 3.24. The van der Waals surface area contributed by atoms with Crippen molar-refractivity contribution in [3.63, 3.8) is 0 Å². The van der Waals surface area contributed by atoms with Gasteiger partial charge in [-0.25, -0.2) is 9.37 Å². The fourth-order valence-electron chi connectivity index (χ4n) is 3.70. The minimum Gasteiger partial charge on any atom is -0.472 e. The van der Waals surface area contributed by atoms with Gasteiger partial charge < -0.3 is 14.4 Å². The van der Waals surface area contributed by atoms with Gasteiger partial charge in [0, 0.05) is 37.0 Å². The normalized spacial score (nSPS) is 18.3. The van der Waals surface area contributed by atoms with Gasteiger partial charge in [0.15, 0.2) is 5.78 Å². The largest absolute Gasteiger partial charge is 0.472 e. The zero-order valence-corrected chi connectivity index (χ0v) is 18.1. The molecule has 2 aliphatic rings. The number of hydrogen-bond donors (Lipinski definition) is 0. The quantitative estimate of drug-likeness (QED) is 0.620.